The van der Waals surface area contributed by atoms with Crippen molar-refractivity contribution in [1.29, 1.82) is 0 Å². The minimum absolute atomic E-state index is 0.182. The topological polar surface area (TPSA) is 99.3 Å². The molecule has 1 atom stereocenters. The molecule has 136 valence electrons. The molecule has 0 spiro atoms. The first kappa shape index (κ1) is 19.1. The fraction of sp³-hybridized carbons (Fsp3) is 0.211. The first-order valence-electron chi connectivity index (χ1n) is 8.32. The van der Waals surface area contributed by atoms with E-state index in [1.807, 2.05) is 36.4 Å². The van der Waals surface area contributed by atoms with E-state index in [9.17, 15) is 14.4 Å². The van der Waals surface area contributed by atoms with Crippen molar-refractivity contribution in [3.05, 3.63) is 66.2 Å². The zero-order valence-corrected chi connectivity index (χ0v) is 14.5. The lowest BCUT2D eigenvalue weighted by atomic mass is 10.1. The molecular formula is C19H22N4O3. The second kappa shape index (κ2) is 9.95. The molecule has 2 aromatic carbocycles. The minimum Gasteiger partial charge on any atom is -0.338 e. The van der Waals surface area contributed by atoms with Gasteiger partial charge in [0.2, 0.25) is 11.8 Å². The average molecular weight is 354 g/mol. The lowest BCUT2D eigenvalue weighted by Crippen LogP contribution is -2.45. The Morgan fingerprint density at radius 1 is 0.923 bits per heavy atom. The van der Waals surface area contributed by atoms with Gasteiger partial charge in [0, 0.05) is 12.2 Å². The number of carbonyl (C=O) groups excluding carboxylic acids is 3. The number of para-hydroxylation sites is 1. The summed E-state index contributed by atoms with van der Waals surface area (Å²) in [6, 6.07) is 16.8. The van der Waals surface area contributed by atoms with Crippen LogP contribution in [0.15, 0.2) is 60.7 Å². The summed E-state index contributed by atoms with van der Waals surface area (Å²) in [7, 11) is 0. The molecule has 7 nitrogen and oxygen atoms in total. The molecule has 0 aliphatic carbocycles. The van der Waals surface area contributed by atoms with E-state index in [0.717, 1.165) is 0 Å². The summed E-state index contributed by atoms with van der Waals surface area (Å²) in [5.41, 5.74) is 1.37. The third kappa shape index (κ3) is 6.03. The van der Waals surface area contributed by atoms with Gasteiger partial charge in [0.05, 0.1) is 6.54 Å². The second-order valence-electron chi connectivity index (χ2n) is 5.49. The molecule has 0 heterocycles. The van der Waals surface area contributed by atoms with Crippen LogP contribution >= 0.6 is 0 Å². The SMILES string of the molecule is CCNC(=O)NC(=O)CN[C@@H](C(=O)Nc1ccccc1)c1ccccc1. The quantitative estimate of drug-likeness (QED) is 0.609. The predicted molar refractivity (Wildman–Crippen MR) is 99.5 cm³/mol. The molecule has 26 heavy (non-hydrogen) atoms. The summed E-state index contributed by atoms with van der Waals surface area (Å²) in [6.45, 7) is 1.99. The third-order valence-electron chi connectivity index (χ3n) is 3.49. The van der Waals surface area contributed by atoms with Gasteiger partial charge in [-0.05, 0) is 24.6 Å². The molecule has 0 aliphatic rings. The zero-order chi connectivity index (χ0) is 18.8. The van der Waals surface area contributed by atoms with E-state index in [1.165, 1.54) is 0 Å². The molecule has 4 N–H and O–H groups in total. The van der Waals surface area contributed by atoms with Gasteiger partial charge >= 0.3 is 6.03 Å². The highest BCUT2D eigenvalue weighted by Gasteiger charge is 2.21. The maximum atomic E-state index is 12.7. The van der Waals surface area contributed by atoms with Gasteiger partial charge in [0.25, 0.3) is 0 Å². The maximum Gasteiger partial charge on any atom is 0.321 e. The van der Waals surface area contributed by atoms with E-state index >= 15 is 0 Å². The number of hydrogen-bond donors (Lipinski definition) is 4. The number of rotatable bonds is 7. The molecule has 0 fully saturated rings. The smallest absolute Gasteiger partial charge is 0.321 e. The van der Waals surface area contributed by atoms with Gasteiger partial charge < -0.3 is 10.6 Å². The number of anilines is 1. The van der Waals surface area contributed by atoms with Crippen molar-refractivity contribution in [1.82, 2.24) is 16.0 Å². The van der Waals surface area contributed by atoms with Gasteiger partial charge in [-0.2, -0.15) is 0 Å². The number of urea groups is 1. The van der Waals surface area contributed by atoms with E-state index in [4.69, 9.17) is 0 Å². The molecule has 4 amide bonds. The summed E-state index contributed by atoms with van der Waals surface area (Å²) in [5.74, 6) is -0.822. The first-order chi connectivity index (χ1) is 12.6. The van der Waals surface area contributed by atoms with Gasteiger partial charge in [-0.15, -0.1) is 0 Å². The van der Waals surface area contributed by atoms with Crippen molar-refractivity contribution in [3.63, 3.8) is 0 Å². The van der Waals surface area contributed by atoms with Crippen LogP contribution in [0.4, 0.5) is 10.5 Å². The Bertz CT molecular complexity index is 735. The molecule has 0 radical (unpaired) electrons. The van der Waals surface area contributed by atoms with E-state index in [0.29, 0.717) is 17.8 Å². The van der Waals surface area contributed by atoms with Crippen LogP contribution in [0.2, 0.25) is 0 Å². The number of imide groups is 1. The number of hydrogen-bond acceptors (Lipinski definition) is 4. The van der Waals surface area contributed by atoms with Gasteiger partial charge in [-0.3, -0.25) is 20.2 Å². The van der Waals surface area contributed by atoms with Gasteiger partial charge in [-0.1, -0.05) is 48.5 Å². The van der Waals surface area contributed by atoms with Crippen LogP contribution in [0.5, 0.6) is 0 Å². The fourth-order valence-electron chi connectivity index (χ4n) is 2.31. The zero-order valence-electron chi connectivity index (χ0n) is 14.5. The number of nitrogens with one attached hydrogen (secondary N) is 4. The molecule has 7 heteroatoms. The van der Waals surface area contributed by atoms with Crippen LogP contribution in [-0.2, 0) is 9.59 Å². The van der Waals surface area contributed by atoms with Gasteiger partial charge in [0.15, 0.2) is 0 Å². The van der Waals surface area contributed by atoms with E-state index in [2.05, 4.69) is 21.3 Å². The van der Waals surface area contributed by atoms with Crippen molar-refractivity contribution < 1.29 is 14.4 Å². The van der Waals surface area contributed by atoms with E-state index in [1.54, 1.807) is 31.2 Å². The molecule has 0 unspecified atom stereocenters. The van der Waals surface area contributed by atoms with Gasteiger partial charge in [-0.25, -0.2) is 4.79 Å². The summed E-state index contributed by atoms with van der Waals surface area (Å²) < 4.78 is 0. The van der Waals surface area contributed by atoms with Gasteiger partial charge in [0.1, 0.15) is 6.04 Å². The second-order valence-corrected chi connectivity index (χ2v) is 5.49. The standard InChI is InChI=1S/C19H22N4O3/c1-2-20-19(26)23-16(24)13-21-17(14-9-5-3-6-10-14)18(25)22-15-11-7-4-8-12-15/h3-12,17,21H,2,13H2,1H3,(H,22,25)(H2,20,23,24,26)/t17-/m1/s1. The largest absolute Gasteiger partial charge is 0.338 e. The summed E-state index contributed by atoms with van der Waals surface area (Å²) >= 11 is 0. The Kier molecular flexibility index (Phi) is 7.32. The monoisotopic (exact) mass is 354 g/mol. The lowest BCUT2D eigenvalue weighted by molar-refractivity contribution is -0.120. The van der Waals surface area contributed by atoms with Crippen molar-refractivity contribution in [2.24, 2.45) is 0 Å². The maximum absolute atomic E-state index is 12.7. The Balaban J connectivity index is 2.03. The molecular weight excluding hydrogens is 332 g/mol. The molecule has 0 saturated heterocycles. The summed E-state index contributed by atoms with van der Waals surface area (Å²) in [5, 5.41) is 10.4. The Morgan fingerprint density at radius 3 is 2.15 bits per heavy atom. The Hall–Kier alpha value is -3.19. The van der Waals surface area contributed by atoms with E-state index < -0.39 is 18.0 Å². The summed E-state index contributed by atoms with van der Waals surface area (Å²) in [6.07, 6.45) is 0. The van der Waals surface area contributed by atoms with Crippen LogP contribution in [0.3, 0.4) is 0 Å². The molecule has 0 saturated carbocycles. The van der Waals surface area contributed by atoms with Crippen molar-refractivity contribution >= 4 is 23.5 Å². The molecule has 0 bridgehead atoms. The average Bonchev–Trinajstić information content (AvgIpc) is 2.63. The van der Waals surface area contributed by atoms with Crippen LogP contribution in [-0.4, -0.2) is 30.9 Å². The third-order valence-corrected chi connectivity index (χ3v) is 3.49. The highest BCUT2D eigenvalue weighted by Crippen LogP contribution is 2.15. The lowest BCUT2D eigenvalue weighted by Gasteiger charge is -2.18. The molecule has 0 aromatic heterocycles. The van der Waals surface area contributed by atoms with Crippen LogP contribution in [0, 0.1) is 0 Å². The minimum atomic E-state index is -0.739. The van der Waals surface area contributed by atoms with Crippen molar-refractivity contribution in [2.75, 3.05) is 18.4 Å². The molecule has 2 aromatic rings. The van der Waals surface area contributed by atoms with Crippen molar-refractivity contribution in [2.45, 2.75) is 13.0 Å². The first-order valence-corrected chi connectivity index (χ1v) is 8.32. The predicted octanol–water partition coefficient (Wildman–Crippen LogP) is 1.80. The molecule has 2 rings (SSSR count). The van der Waals surface area contributed by atoms with Crippen LogP contribution in [0.1, 0.15) is 18.5 Å². The fourth-order valence-corrected chi connectivity index (χ4v) is 2.31. The number of carbonyl (C=O) groups is 3. The summed E-state index contributed by atoms with van der Waals surface area (Å²) in [4.78, 5) is 35.9. The Morgan fingerprint density at radius 2 is 1.54 bits per heavy atom. The normalized spacial score (nSPS) is 11.3. The highest BCUT2D eigenvalue weighted by molar-refractivity contribution is 5.97. The van der Waals surface area contributed by atoms with E-state index in [-0.39, 0.29) is 12.5 Å². The van der Waals surface area contributed by atoms with Crippen LogP contribution < -0.4 is 21.3 Å². The molecule has 0 aliphatic heterocycles. The number of benzene rings is 2. The van der Waals surface area contributed by atoms with Crippen LogP contribution in [0.25, 0.3) is 0 Å². The van der Waals surface area contributed by atoms with Crippen molar-refractivity contribution in [3.8, 4) is 0 Å². The highest BCUT2D eigenvalue weighted by atomic mass is 16.2. The number of amides is 4. The Labute approximate surface area is 152 Å².